The van der Waals surface area contributed by atoms with E-state index in [9.17, 15) is 12.8 Å². The molecular formula is C14H15FN2O3S2. The minimum Gasteiger partial charge on any atom is -0.378 e. The molecule has 2 aromatic rings. The standard InChI is InChI=1S/C14H15FN2O3S2/c15-12-3-1-11(2-4-12)14-7-20-6-5-17(14)22(18,19)9-13-8-21-10-16-13/h1-4,8,10,14H,5-7,9H2. The van der Waals surface area contributed by atoms with Gasteiger partial charge in [-0.1, -0.05) is 12.1 Å². The molecule has 1 unspecified atom stereocenters. The van der Waals surface area contributed by atoms with Crippen molar-refractivity contribution in [2.75, 3.05) is 19.8 Å². The smallest absolute Gasteiger partial charge is 0.220 e. The van der Waals surface area contributed by atoms with Gasteiger partial charge in [-0.25, -0.2) is 17.8 Å². The van der Waals surface area contributed by atoms with Crippen molar-refractivity contribution in [3.63, 3.8) is 0 Å². The Hall–Kier alpha value is -1.35. The van der Waals surface area contributed by atoms with Crippen molar-refractivity contribution < 1.29 is 17.5 Å². The summed E-state index contributed by atoms with van der Waals surface area (Å²) in [5.41, 5.74) is 2.87. The minimum absolute atomic E-state index is 0.131. The van der Waals surface area contributed by atoms with Crippen LogP contribution in [0, 0.1) is 5.82 Å². The molecule has 0 radical (unpaired) electrons. The van der Waals surface area contributed by atoms with Crippen LogP contribution in [0.1, 0.15) is 17.3 Å². The molecule has 1 fully saturated rings. The molecule has 3 rings (SSSR count). The normalized spacial score (nSPS) is 20.1. The summed E-state index contributed by atoms with van der Waals surface area (Å²) in [7, 11) is -3.51. The SMILES string of the molecule is O=S(=O)(Cc1cscn1)N1CCOCC1c1ccc(F)cc1. The molecule has 8 heteroatoms. The average molecular weight is 342 g/mol. The Bertz CT molecular complexity index is 717. The Kier molecular flexibility index (Phi) is 4.53. The van der Waals surface area contributed by atoms with Gasteiger partial charge in [-0.3, -0.25) is 0 Å². The molecule has 2 heterocycles. The quantitative estimate of drug-likeness (QED) is 0.854. The highest BCUT2D eigenvalue weighted by atomic mass is 32.2. The Morgan fingerprint density at radius 1 is 1.36 bits per heavy atom. The summed E-state index contributed by atoms with van der Waals surface area (Å²) in [6.45, 7) is 0.907. The number of aromatic nitrogens is 1. The zero-order chi connectivity index (χ0) is 15.6. The van der Waals surface area contributed by atoms with Crippen LogP contribution in [-0.4, -0.2) is 37.5 Å². The molecule has 1 atom stereocenters. The van der Waals surface area contributed by atoms with E-state index in [-0.39, 0.29) is 24.7 Å². The van der Waals surface area contributed by atoms with Crippen LogP contribution < -0.4 is 0 Å². The fourth-order valence-electron chi connectivity index (χ4n) is 2.45. The van der Waals surface area contributed by atoms with Crippen molar-refractivity contribution in [3.05, 3.63) is 52.2 Å². The third-order valence-electron chi connectivity index (χ3n) is 3.51. The molecule has 0 saturated carbocycles. The van der Waals surface area contributed by atoms with Crippen molar-refractivity contribution in [1.82, 2.24) is 9.29 Å². The number of morpholine rings is 1. The van der Waals surface area contributed by atoms with Gasteiger partial charge in [-0.2, -0.15) is 4.31 Å². The Morgan fingerprint density at radius 2 is 2.14 bits per heavy atom. The van der Waals surface area contributed by atoms with Gasteiger partial charge in [0.25, 0.3) is 0 Å². The van der Waals surface area contributed by atoms with E-state index in [1.54, 1.807) is 23.0 Å². The molecule has 1 aromatic carbocycles. The summed E-state index contributed by atoms with van der Waals surface area (Å²) in [5.74, 6) is -0.480. The Balaban J connectivity index is 1.87. The number of halogens is 1. The zero-order valence-corrected chi connectivity index (χ0v) is 13.3. The number of ether oxygens (including phenoxy) is 1. The third-order valence-corrected chi connectivity index (χ3v) is 5.95. The minimum atomic E-state index is -3.51. The molecule has 5 nitrogen and oxygen atoms in total. The molecule has 1 saturated heterocycles. The first-order valence-corrected chi connectivity index (χ1v) is 9.31. The van der Waals surface area contributed by atoms with Crippen LogP contribution in [0.5, 0.6) is 0 Å². The maximum absolute atomic E-state index is 13.1. The first kappa shape index (κ1) is 15.5. The summed E-state index contributed by atoms with van der Waals surface area (Å²) in [6, 6.07) is 5.42. The number of nitrogens with zero attached hydrogens (tertiary/aromatic N) is 2. The molecular weight excluding hydrogens is 327 g/mol. The van der Waals surface area contributed by atoms with E-state index in [1.165, 1.54) is 27.8 Å². The Labute approximate surface area is 132 Å². The van der Waals surface area contributed by atoms with Crippen molar-refractivity contribution in [3.8, 4) is 0 Å². The van der Waals surface area contributed by atoms with E-state index < -0.39 is 16.1 Å². The molecule has 118 valence electrons. The molecule has 22 heavy (non-hydrogen) atoms. The second kappa shape index (κ2) is 6.41. The molecule has 0 bridgehead atoms. The van der Waals surface area contributed by atoms with Crippen LogP contribution in [-0.2, 0) is 20.5 Å². The lowest BCUT2D eigenvalue weighted by atomic mass is 10.1. The first-order valence-electron chi connectivity index (χ1n) is 6.76. The maximum Gasteiger partial charge on any atom is 0.220 e. The van der Waals surface area contributed by atoms with Gasteiger partial charge < -0.3 is 4.74 Å². The monoisotopic (exact) mass is 342 g/mol. The van der Waals surface area contributed by atoms with E-state index >= 15 is 0 Å². The summed E-state index contributed by atoms with van der Waals surface area (Å²) < 4.78 is 45.2. The van der Waals surface area contributed by atoms with E-state index in [2.05, 4.69) is 4.98 Å². The predicted molar refractivity (Wildman–Crippen MR) is 81.4 cm³/mol. The summed E-state index contributed by atoms with van der Waals surface area (Å²) in [5, 5.41) is 1.73. The lowest BCUT2D eigenvalue weighted by Gasteiger charge is -2.34. The van der Waals surface area contributed by atoms with Crippen molar-refractivity contribution >= 4 is 21.4 Å². The summed E-state index contributed by atoms with van der Waals surface area (Å²) in [4.78, 5) is 4.04. The van der Waals surface area contributed by atoms with Gasteiger partial charge in [-0.15, -0.1) is 11.3 Å². The fourth-order valence-corrected chi connectivity index (χ4v) is 4.73. The largest absolute Gasteiger partial charge is 0.378 e. The number of hydrogen-bond acceptors (Lipinski definition) is 5. The van der Waals surface area contributed by atoms with Crippen LogP contribution >= 0.6 is 11.3 Å². The van der Waals surface area contributed by atoms with E-state index in [1.807, 2.05) is 0 Å². The highest BCUT2D eigenvalue weighted by molar-refractivity contribution is 7.88. The van der Waals surface area contributed by atoms with Gasteiger partial charge in [0.15, 0.2) is 0 Å². The molecule has 0 N–H and O–H groups in total. The topological polar surface area (TPSA) is 59.5 Å². The van der Waals surface area contributed by atoms with Gasteiger partial charge in [0.05, 0.1) is 30.5 Å². The number of hydrogen-bond donors (Lipinski definition) is 0. The molecule has 0 aliphatic carbocycles. The highest BCUT2D eigenvalue weighted by Gasteiger charge is 2.34. The van der Waals surface area contributed by atoms with Crippen LogP contribution in [0.4, 0.5) is 4.39 Å². The van der Waals surface area contributed by atoms with Crippen molar-refractivity contribution in [2.45, 2.75) is 11.8 Å². The number of sulfonamides is 1. The summed E-state index contributed by atoms with van der Waals surface area (Å²) in [6.07, 6.45) is 0. The van der Waals surface area contributed by atoms with Crippen LogP contribution in [0.15, 0.2) is 35.2 Å². The number of thiazole rings is 1. The second-order valence-electron chi connectivity index (χ2n) is 4.99. The molecule has 1 aromatic heterocycles. The van der Waals surface area contributed by atoms with Gasteiger partial charge >= 0.3 is 0 Å². The second-order valence-corrected chi connectivity index (χ2v) is 7.63. The van der Waals surface area contributed by atoms with Gasteiger partial charge in [0.1, 0.15) is 11.6 Å². The predicted octanol–water partition coefficient (Wildman–Crippen LogP) is 2.19. The maximum atomic E-state index is 13.1. The number of benzene rings is 1. The van der Waals surface area contributed by atoms with Crippen molar-refractivity contribution in [2.24, 2.45) is 0 Å². The molecule has 1 aliphatic rings. The van der Waals surface area contributed by atoms with Crippen LogP contribution in [0.3, 0.4) is 0 Å². The Morgan fingerprint density at radius 3 is 2.82 bits per heavy atom. The molecule has 0 amide bonds. The van der Waals surface area contributed by atoms with Gasteiger partial charge in [0.2, 0.25) is 10.0 Å². The van der Waals surface area contributed by atoms with Crippen LogP contribution in [0.25, 0.3) is 0 Å². The first-order chi connectivity index (χ1) is 10.6. The highest BCUT2D eigenvalue weighted by Crippen LogP contribution is 2.28. The van der Waals surface area contributed by atoms with Crippen LogP contribution in [0.2, 0.25) is 0 Å². The van der Waals surface area contributed by atoms with Crippen molar-refractivity contribution in [1.29, 1.82) is 0 Å². The van der Waals surface area contributed by atoms with E-state index in [0.29, 0.717) is 12.3 Å². The third kappa shape index (κ3) is 3.35. The molecule has 1 aliphatic heterocycles. The van der Waals surface area contributed by atoms with Gasteiger partial charge in [0, 0.05) is 11.9 Å². The average Bonchev–Trinajstić information content (AvgIpc) is 3.00. The van der Waals surface area contributed by atoms with E-state index in [0.717, 1.165) is 5.56 Å². The fraction of sp³-hybridized carbons (Fsp3) is 0.357. The lowest BCUT2D eigenvalue weighted by Crippen LogP contribution is -2.43. The van der Waals surface area contributed by atoms with Gasteiger partial charge in [-0.05, 0) is 17.7 Å². The number of rotatable bonds is 4. The molecule has 0 spiro atoms. The lowest BCUT2D eigenvalue weighted by molar-refractivity contribution is 0.0319. The summed E-state index contributed by atoms with van der Waals surface area (Å²) >= 11 is 1.37. The zero-order valence-electron chi connectivity index (χ0n) is 11.7. The van der Waals surface area contributed by atoms with E-state index in [4.69, 9.17) is 4.74 Å².